The Kier molecular flexibility index (Phi) is 6.84. The van der Waals surface area contributed by atoms with Gasteiger partial charge < -0.3 is 16.0 Å². The summed E-state index contributed by atoms with van der Waals surface area (Å²) in [7, 11) is 0. The van der Waals surface area contributed by atoms with Gasteiger partial charge in [-0.2, -0.15) is 0 Å². The van der Waals surface area contributed by atoms with Crippen LogP contribution in [0, 0.1) is 6.92 Å². The van der Waals surface area contributed by atoms with E-state index in [9.17, 15) is 9.59 Å². The van der Waals surface area contributed by atoms with E-state index in [4.69, 9.17) is 11.6 Å². The van der Waals surface area contributed by atoms with E-state index in [1.165, 1.54) is 0 Å². The monoisotopic (exact) mass is 423 g/mol. The molecule has 0 aliphatic carbocycles. The molecule has 1 unspecified atom stereocenters. The maximum absolute atomic E-state index is 12.0. The third-order valence-corrected chi connectivity index (χ3v) is 4.43. The number of rotatable bonds is 5. The summed E-state index contributed by atoms with van der Waals surface area (Å²) in [5, 5.41) is 8.64. The summed E-state index contributed by atoms with van der Waals surface area (Å²) in [4.78, 5) is 23.9. The average Bonchev–Trinajstić information content (AvgIpc) is 2.56. The van der Waals surface area contributed by atoms with E-state index in [1.807, 2.05) is 44.2 Å². The summed E-state index contributed by atoms with van der Waals surface area (Å²) in [5.74, 6) is -0.300. The van der Waals surface area contributed by atoms with Crippen molar-refractivity contribution >= 4 is 45.2 Å². The van der Waals surface area contributed by atoms with E-state index in [1.54, 1.807) is 12.1 Å². The van der Waals surface area contributed by atoms with Crippen LogP contribution in [0.3, 0.4) is 0 Å². The Hall–Kier alpha value is -2.05. The molecule has 0 saturated heterocycles. The van der Waals surface area contributed by atoms with Crippen LogP contribution in [0.4, 0.5) is 10.5 Å². The quantitative estimate of drug-likeness (QED) is 0.665. The Labute approximate surface area is 160 Å². The van der Waals surface area contributed by atoms with Crippen LogP contribution in [0.5, 0.6) is 0 Å². The van der Waals surface area contributed by atoms with Gasteiger partial charge in [0.25, 0.3) is 0 Å². The molecule has 0 aromatic heterocycles. The highest BCUT2D eigenvalue weighted by atomic mass is 79.9. The van der Waals surface area contributed by atoms with Crippen molar-refractivity contribution in [2.45, 2.75) is 19.9 Å². The molecule has 132 valence electrons. The Balaban J connectivity index is 1.83. The molecule has 0 saturated carbocycles. The molecule has 5 nitrogen and oxygen atoms in total. The van der Waals surface area contributed by atoms with Gasteiger partial charge in [-0.05, 0) is 49.2 Å². The number of carbonyl (C=O) groups excluding carboxylic acids is 2. The first kappa shape index (κ1) is 19.3. The highest BCUT2D eigenvalue weighted by Crippen LogP contribution is 2.22. The van der Waals surface area contributed by atoms with Crippen LogP contribution in [-0.2, 0) is 4.79 Å². The second kappa shape index (κ2) is 8.87. The first-order chi connectivity index (χ1) is 11.9. The van der Waals surface area contributed by atoms with Crippen molar-refractivity contribution in [2.75, 3.05) is 11.9 Å². The van der Waals surface area contributed by atoms with E-state index in [2.05, 4.69) is 31.9 Å². The number of amides is 3. The zero-order valence-electron chi connectivity index (χ0n) is 13.9. The lowest BCUT2D eigenvalue weighted by Gasteiger charge is -2.16. The number of hydrogen-bond acceptors (Lipinski definition) is 2. The van der Waals surface area contributed by atoms with Crippen LogP contribution in [-0.4, -0.2) is 18.5 Å². The summed E-state index contributed by atoms with van der Waals surface area (Å²) < 4.78 is 0.939. The van der Waals surface area contributed by atoms with Gasteiger partial charge in [-0.1, -0.05) is 45.7 Å². The second-order valence-corrected chi connectivity index (χ2v) is 6.90. The molecule has 3 amide bonds. The summed E-state index contributed by atoms with van der Waals surface area (Å²) >= 11 is 9.48. The van der Waals surface area contributed by atoms with Gasteiger partial charge in [0.15, 0.2) is 0 Å². The molecular formula is C18H19BrClN3O2. The number of urea groups is 1. The number of anilines is 1. The molecule has 0 fully saturated rings. The molecule has 0 aliphatic rings. The predicted molar refractivity (Wildman–Crippen MR) is 104 cm³/mol. The third-order valence-electron chi connectivity index (χ3n) is 3.59. The summed E-state index contributed by atoms with van der Waals surface area (Å²) in [5.41, 5.74) is 2.45. The molecule has 2 aromatic carbocycles. The second-order valence-electron chi connectivity index (χ2n) is 5.58. The van der Waals surface area contributed by atoms with Gasteiger partial charge in [-0.3, -0.25) is 4.79 Å². The fourth-order valence-electron chi connectivity index (χ4n) is 2.27. The van der Waals surface area contributed by atoms with Gasteiger partial charge in [-0.25, -0.2) is 4.79 Å². The zero-order chi connectivity index (χ0) is 18.4. The molecule has 0 spiro atoms. The molecular weight excluding hydrogens is 406 g/mol. The molecule has 0 aliphatic heterocycles. The maximum Gasteiger partial charge on any atom is 0.315 e. The van der Waals surface area contributed by atoms with Crippen molar-refractivity contribution in [1.29, 1.82) is 0 Å². The third kappa shape index (κ3) is 5.76. The Morgan fingerprint density at radius 3 is 2.60 bits per heavy atom. The number of hydrogen-bond donors (Lipinski definition) is 3. The lowest BCUT2D eigenvalue weighted by molar-refractivity contribution is -0.115. The van der Waals surface area contributed by atoms with Crippen LogP contribution in [0.15, 0.2) is 46.9 Å². The molecule has 25 heavy (non-hydrogen) atoms. The van der Waals surface area contributed by atoms with Crippen LogP contribution >= 0.6 is 27.5 Å². The fraction of sp³-hybridized carbons (Fsp3) is 0.222. The standard InChI is InChI=1S/C18H19BrClN3O2/c1-11-9-13(19)7-8-16(11)23-17(24)10-21-18(25)22-12(2)14-5-3-4-6-15(14)20/h3-9,12H,10H2,1-2H3,(H,23,24)(H2,21,22,25). The molecule has 7 heteroatoms. The molecule has 0 bridgehead atoms. The summed E-state index contributed by atoms with van der Waals surface area (Å²) in [6.45, 7) is 3.59. The molecule has 2 rings (SSSR count). The maximum atomic E-state index is 12.0. The average molecular weight is 425 g/mol. The Morgan fingerprint density at radius 1 is 1.20 bits per heavy atom. The Bertz CT molecular complexity index is 783. The van der Waals surface area contributed by atoms with Gasteiger partial charge in [-0.15, -0.1) is 0 Å². The normalized spacial score (nSPS) is 11.5. The molecule has 1 atom stereocenters. The number of nitrogens with one attached hydrogen (secondary N) is 3. The number of aryl methyl sites for hydroxylation is 1. The van der Waals surface area contributed by atoms with E-state index in [0.29, 0.717) is 10.7 Å². The van der Waals surface area contributed by atoms with Gasteiger partial charge in [0.1, 0.15) is 0 Å². The molecule has 2 aromatic rings. The minimum absolute atomic E-state index is 0.128. The van der Waals surface area contributed by atoms with Crippen molar-refractivity contribution in [2.24, 2.45) is 0 Å². The largest absolute Gasteiger partial charge is 0.332 e. The summed E-state index contributed by atoms with van der Waals surface area (Å²) in [6.07, 6.45) is 0. The van der Waals surface area contributed by atoms with Crippen LogP contribution < -0.4 is 16.0 Å². The van der Waals surface area contributed by atoms with Crippen molar-refractivity contribution < 1.29 is 9.59 Å². The topological polar surface area (TPSA) is 70.2 Å². The van der Waals surface area contributed by atoms with Gasteiger partial charge in [0, 0.05) is 15.2 Å². The van der Waals surface area contributed by atoms with E-state index < -0.39 is 6.03 Å². The van der Waals surface area contributed by atoms with E-state index >= 15 is 0 Å². The van der Waals surface area contributed by atoms with Crippen LogP contribution in [0.1, 0.15) is 24.1 Å². The lowest BCUT2D eigenvalue weighted by Crippen LogP contribution is -2.41. The fourth-order valence-corrected chi connectivity index (χ4v) is 3.05. The van der Waals surface area contributed by atoms with Crippen LogP contribution in [0.2, 0.25) is 5.02 Å². The Morgan fingerprint density at radius 2 is 1.92 bits per heavy atom. The zero-order valence-corrected chi connectivity index (χ0v) is 16.2. The number of carbonyl (C=O) groups is 2. The smallest absolute Gasteiger partial charge is 0.315 e. The van der Waals surface area contributed by atoms with Gasteiger partial charge in [0.2, 0.25) is 5.91 Å². The highest BCUT2D eigenvalue weighted by molar-refractivity contribution is 9.10. The predicted octanol–water partition coefficient (Wildman–Crippen LogP) is 4.41. The number of halogens is 2. The van der Waals surface area contributed by atoms with Gasteiger partial charge in [0.05, 0.1) is 12.6 Å². The van der Waals surface area contributed by atoms with Crippen molar-refractivity contribution in [1.82, 2.24) is 10.6 Å². The minimum Gasteiger partial charge on any atom is -0.332 e. The van der Waals surface area contributed by atoms with Crippen molar-refractivity contribution in [3.05, 3.63) is 63.1 Å². The summed E-state index contributed by atoms with van der Waals surface area (Å²) in [6, 6.07) is 12.1. The molecule has 0 radical (unpaired) electrons. The molecule has 3 N–H and O–H groups in total. The highest BCUT2D eigenvalue weighted by Gasteiger charge is 2.13. The van der Waals surface area contributed by atoms with Crippen LogP contribution in [0.25, 0.3) is 0 Å². The number of benzene rings is 2. The minimum atomic E-state index is -0.435. The first-order valence-corrected chi connectivity index (χ1v) is 8.88. The van der Waals surface area contributed by atoms with E-state index in [-0.39, 0.29) is 18.5 Å². The van der Waals surface area contributed by atoms with E-state index in [0.717, 1.165) is 15.6 Å². The lowest BCUT2D eigenvalue weighted by atomic mass is 10.1. The van der Waals surface area contributed by atoms with Crippen molar-refractivity contribution in [3.63, 3.8) is 0 Å². The first-order valence-electron chi connectivity index (χ1n) is 7.71. The van der Waals surface area contributed by atoms with Gasteiger partial charge >= 0.3 is 6.03 Å². The SMILES string of the molecule is Cc1cc(Br)ccc1NC(=O)CNC(=O)NC(C)c1ccccc1Cl. The van der Waals surface area contributed by atoms with Crippen molar-refractivity contribution in [3.8, 4) is 0 Å². The molecule has 0 heterocycles.